The lowest BCUT2D eigenvalue weighted by Gasteiger charge is -2.16. The van der Waals surface area contributed by atoms with Crippen LogP contribution in [-0.4, -0.2) is 29.4 Å². The standard InChI is InChI=1S/C7H9Cl2N3O/c1-12(3-2-8)6-5(9)7(13)11-4-10-6/h4H,2-3H2,1H3,(H,10,11,13). The molecule has 0 atom stereocenters. The van der Waals surface area contributed by atoms with Crippen LogP contribution in [0.2, 0.25) is 5.02 Å². The third kappa shape index (κ3) is 2.35. The molecule has 0 unspecified atom stereocenters. The lowest BCUT2D eigenvalue weighted by molar-refractivity contribution is 0.927. The van der Waals surface area contributed by atoms with E-state index in [9.17, 15) is 4.79 Å². The minimum absolute atomic E-state index is 0.0927. The number of nitrogens with one attached hydrogen (secondary N) is 1. The van der Waals surface area contributed by atoms with Crippen molar-refractivity contribution < 1.29 is 0 Å². The number of alkyl halides is 1. The van der Waals surface area contributed by atoms with E-state index in [1.165, 1.54) is 6.33 Å². The van der Waals surface area contributed by atoms with Crippen molar-refractivity contribution in [2.24, 2.45) is 0 Å². The summed E-state index contributed by atoms with van der Waals surface area (Å²) in [6.45, 7) is 0.595. The maximum atomic E-state index is 11.1. The van der Waals surface area contributed by atoms with E-state index in [2.05, 4.69) is 9.97 Å². The summed E-state index contributed by atoms with van der Waals surface area (Å²) in [6.07, 6.45) is 1.31. The van der Waals surface area contributed by atoms with Crippen molar-refractivity contribution in [3.8, 4) is 0 Å². The second kappa shape index (κ2) is 4.48. The highest BCUT2D eigenvalue weighted by atomic mass is 35.5. The Kier molecular flexibility index (Phi) is 3.57. The van der Waals surface area contributed by atoms with Gasteiger partial charge in [-0.3, -0.25) is 4.79 Å². The summed E-state index contributed by atoms with van der Waals surface area (Å²) < 4.78 is 0. The first-order valence-corrected chi connectivity index (χ1v) is 4.58. The van der Waals surface area contributed by atoms with Gasteiger partial charge in [0.05, 0.1) is 6.33 Å². The van der Waals surface area contributed by atoms with E-state index in [0.717, 1.165) is 0 Å². The number of nitrogens with zero attached hydrogens (tertiary/aromatic N) is 2. The van der Waals surface area contributed by atoms with Crippen LogP contribution >= 0.6 is 23.2 Å². The number of halogens is 2. The Bertz CT molecular complexity index is 339. The zero-order valence-electron chi connectivity index (χ0n) is 7.05. The van der Waals surface area contributed by atoms with Gasteiger partial charge in [-0.05, 0) is 0 Å². The second-order valence-corrected chi connectivity index (χ2v) is 3.24. The van der Waals surface area contributed by atoms with E-state index in [4.69, 9.17) is 23.2 Å². The minimum Gasteiger partial charge on any atom is -0.357 e. The van der Waals surface area contributed by atoms with Gasteiger partial charge in [0.2, 0.25) is 0 Å². The van der Waals surface area contributed by atoms with Crippen molar-refractivity contribution in [3.05, 3.63) is 21.7 Å². The van der Waals surface area contributed by atoms with Crippen LogP contribution in [0.1, 0.15) is 0 Å². The van der Waals surface area contributed by atoms with Crippen molar-refractivity contribution >= 4 is 29.0 Å². The molecule has 1 aromatic rings. The van der Waals surface area contributed by atoms with Gasteiger partial charge in [0.1, 0.15) is 5.02 Å². The molecule has 0 aliphatic heterocycles. The van der Waals surface area contributed by atoms with Crippen LogP contribution in [-0.2, 0) is 0 Å². The van der Waals surface area contributed by atoms with Crippen LogP contribution in [0.15, 0.2) is 11.1 Å². The van der Waals surface area contributed by atoms with Crippen molar-refractivity contribution in [3.63, 3.8) is 0 Å². The zero-order chi connectivity index (χ0) is 9.84. The third-order valence-corrected chi connectivity index (χ3v) is 2.07. The molecule has 6 heteroatoms. The van der Waals surface area contributed by atoms with Gasteiger partial charge in [-0.2, -0.15) is 0 Å². The largest absolute Gasteiger partial charge is 0.357 e. The van der Waals surface area contributed by atoms with Crippen LogP contribution in [0.3, 0.4) is 0 Å². The van der Waals surface area contributed by atoms with Crippen molar-refractivity contribution in [1.29, 1.82) is 0 Å². The van der Waals surface area contributed by atoms with Gasteiger partial charge in [-0.1, -0.05) is 11.6 Å². The summed E-state index contributed by atoms with van der Waals surface area (Å²) in [7, 11) is 1.77. The molecule has 0 aliphatic carbocycles. The monoisotopic (exact) mass is 221 g/mol. The number of aromatic amines is 1. The number of hydrogen-bond donors (Lipinski definition) is 1. The topological polar surface area (TPSA) is 49.0 Å². The molecule has 4 nitrogen and oxygen atoms in total. The zero-order valence-corrected chi connectivity index (χ0v) is 8.56. The number of hydrogen-bond acceptors (Lipinski definition) is 3. The molecule has 0 amide bonds. The molecule has 1 aromatic heterocycles. The number of H-pyrrole nitrogens is 1. The molecule has 0 saturated carbocycles. The molecule has 1 heterocycles. The molecule has 0 fully saturated rings. The minimum atomic E-state index is -0.340. The third-order valence-electron chi connectivity index (χ3n) is 1.56. The molecule has 0 spiro atoms. The molecule has 1 rings (SSSR count). The van der Waals surface area contributed by atoms with Crippen LogP contribution < -0.4 is 10.5 Å². The summed E-state index contributed by atoms with van der Waals surface area (Å²) in [4.78, 5) is 19.1. The Morgan fingerprint density at radius 1 is 1.69 bits per heavy atom. The number of anilines is 1. The first-order valence-electron chi connectivity index (χ1n) is 3.67. The Hall–Kier alpha value is -0.740. The first-order chi connectivity index (χ1) is 6.16. The Morgan fingerprint density at radius 2 is 2.38 bits per heavy atom. The molecule has 0 saturated heterocycles. The predicted octanol–water partition coefficient (Wildman–Crippen LogP) is 1.10. The van der Waals surface area contributed by atoms with E-state index >= 15 is 0 Å². The van der Waals surface area contributed by atoms with Crippen molar-refractivity contribution in [2.75, 3.05) is 24.4 Å². The highest BCUT2D eigenvalue weighted by Gasteiger charge is 2.09. The summed E-state index contributed by atoms with van der Waals surface area (Å²) >= 11 is 11.3. The van der Waals surface area contributed by atoms with Gasteiger partial charge in [0, 0.05) is 19.5 Å². The SMILES string of the molecule is CN(CCCl)c1nc[nH]c(=O)c1Cl. The van der Waals surface area contributed by atoms with Gasteiger partial charge in [-0.25, -0.2) is 4.98 Å². The summed E-state index contributed by atoms with van der Waals surface area (Å²) in [5, 5.41) is 0.0927. The molecule has 0 radical (unpaired) electrons. The fraction of sp³-hybridized carbons (Fsp3) is 0.429. The average Bonchev–Trinajstić information content (AvgIpc) is 2.10. The predicted molar refractivity (Wildman–Crippen MR) is 53.9 cm³/mol. The van der Waals surface area contributed by atoms with Crippen LogP contribution in [0.5, 0.6) is 0 Å². The smallest absolute Gasteiger partial charge is 0.271 e. The Labute approximate surface area is 85.5 Å². The normalized spacial score (nSPS) is 10.1. The van der Waals surface area contributed by atoms with E-state index in [0.29, 0.717) is 18.2 Å². The summed E-state index contributed by atoms with van der Waals surface area (Å²) in [5.74, 6) is 0.910. The van der Waals surface area contributed by atoms with E-state index in [1.54, 1.807) is 11.9 Å². The van der Waals surface area contributed by atoms with Gasteiger partial charge in [-0.15, -0.1) is 11.6 Å². The van der Waals surface area contributed by atoms with Crippen LogP contribution in [0, 0.1) is 0 Å². The van der Waals surface area contributed by atoms with Gasteiger partial charge in [0.15, 0.2) is 5.82 Å². The second-order valence-electron chi connectivity index (χ2n) is 2.48. The first kappa shape index (κ1) is 10.3. The molecular formula is C7H9Cl2N3O. The Morgan fingerprint density at radius 3 is 3.00 bits per heavy atom. The summed E-state index contributed by atoms with van der Waals surface area (Å²) in [5.41, 5.74) is -0.340. The fourth-order valence-electron chi connectivity index (χ4n) is 0.872. The molecule has 0 bridgehead atoms. The molecule has 1 N–H and O–H groups in total. The molecule has 0 aromatic carbocycles. The summed E-state index contributed by atoms with van der Waals surface area (Å²) in [6, 6.07) is 0. The number of aromatic nitrogens is 2. The van der Waals surface area contributed by atoms with Gasteiger partial charge in [0.25, 0.3) is 5.56 Å². The van der Waals surface area contributed by atoms with Crippen LogP contribution in [0.4, 0.5) is 5.82 Å². The fourth-order valence-corrected chi connectivity index (χ4v) is 1.37. The maximum Gasteiger partial charge on any atom is 0.271 e. The van der Waals surface area contributed by atoms with Crippen molar-refractivity contribution in [2.45, 2.75) is 0 Å². The molecule has 0 aliphatic rings. The van der Waals surface area contributed by atoms with Crippen molar-refractivity contribution in [1.82, 2.24) is 9.97 Å². The molecule has 13 heavy (non-hydrogen) atoms. The molecular weight excluding hydrogens is 213 g/mol. The Balaban J connectivity index is 3.00. The lowest BCUT2D eigenvalue weighted by Crippen LogP contribution is -2.23. The average molecular weight is 222 g/mol. The highest BCUT2D eigenvalue weighted by molar-refractivity contribution is 6.32. The van der Waals surface area contributed by atoms with E-state index < -0.39 is 0 Å². The molecule has 72 valence electrons. The van der Waals surface area contributed by atoms with Gasteiger partial charge < -0.3 is 9.88 Å². The van der Waals surface area contributed by atoms with Gasteiger partial charge >= 0.3 is 0 Å². The van der Waals surface area contributed by atoms with E-state index in [1.807, 2.05) is 0 Å². The quantitative estimate of drug-likeness (QED) is 0.779. The number of rotatable bonds is 3. The van der Waals surface area contributed by atoms with Crippen LogP contribution in [0.25, 0.3) is 0 Å². The van der Waals surface area contributed by atoms with E-state index in [-0.39, 0.29) is 10.6 Å². The lowest BCUT2D eigenvalue weighted by atomic mass is 10.5. The maximum absolute atomic E-state index is 11.1. The highest BCUT2D eigenvalue weighted by Crippen LogP contribution is 2.15.